The molecule has 0 aliphatic heterocycles. The molecule has 1 fully saturated rings. The summed E-state index contributed by atoms with van der Waals surface area (Å²) in [4.78, 5) is 22.3. The second kappa shape index (κ2) is 2.29. The third kappa shape index (κ3) is 0.934. The SMILES string of the molecule is O=C1CC(=O)C2CC=CCC12. The van der Waals surface area contributed by atoms with E-state index in [0.29, 0.717) is 0 Å². The molecule has 0 saturated heterocycles. The van der Waals surface area contributed by atoms with Crippen LogP contribution in [0.2, 0.25) is 0 Å². The van der Waals surface area contributed by atoms with Crippen LogP contribution in [0.15, 0.2) is 12.2 Å². The predicted octanol–water partition coefficient (Wildman–Crippen LogP) is 1.11. The fourth-order valence-electron chi connectivity index (χ4n) is 1.96. The second-order valence-electron chi connectivity index (χ2n) is 3.27. The lowest BCUT2D eigenvalue weighted by atomic mass is 9.85. The lowest BCUT2D eigenvalue weighted by Crippen LogP contribution is -2.18. The Bertz CT molecular complexity index is 216. The molecule has 0 radical (unpaired) electrons. The molecule has 2 rings (SSSR count). The highest BCUT2D eigenvalue weighted by molar-refractivity contribution is 6.08. The predicted molar refractivity (Wildman–Crippen MR) is 40.0 cm³/mol. The van der Waals surface area contributed by atoms with Gasteiger partial charge < -0.3 is 0 Å². The van der Waals surface area contributed by atoms with E-state index in [2.05, 4.69) is 0 Å². The van der Waals surface area contributed by atoms with Crippen molar-refractivity contribution in [3.05, 3.63) is 12.2 Å². The number of hydrogen-bond acceptors (Lipinski definition) is 2. The van der Waals surface area contributed by atoms with Crippen LogP contribution in [-0.4, -0.2) is 11.6 Å². The maximum absolute atomic E-state index is 11.2. The van der Waals surface area contributed by atoms with Gasteiger partial charge >= 0.3 is 0 Å². The van der Waals surface area contributed by atoms with Gasteiger partial charge in [-0.05, 0) is 12.8 Å². The zero-order valence-corrected chi connectivity index (χ0v) is 6.25. The highest BCUT2D eigenvalue weighted by Crippen LogP contribution is 2.34. The smallest absolute Gasteiger partial charge is 0.144 e. The van der Waals surface area contributed by atoms with Crippen LogP contribution in [0.4, 0.5) is 0 Å². The Hall–Kier alpha value is -0.920. The molecule has 0 heterocycles. The zero-order chi connectivity index (χ0) is 7.84. The Morgan fingerprint density at radius 3 is 1.91 bits per heavy atom. The Balaban J connectivity index is 2.28. The average molecular weight is 150 g/mol. The quantitative estimate of drug-likeness (QED) is 0.383. The number of carbonyl (C=O) groups is 2. The topological polar surface area (TPSA) is 34.1 Å². The van der Waals surface area contributed by atoms with Crippen molar-refractivity contribution in [2.45, 2.75) is 19.3 Å². The lowest BCUT2D eigenvalue weighted by Gasteiger charge is -2.16. The van der Waals surface area contributed by atoms with E-state index in [1.807, 2.05) is 12.2 Å². The normalized spacial score (nSPS) is 36.0. The maximum atomic E-state index is 11.2. The van der Waals surface area contributed by atoms with Gasteiger partial charge in [-0.3, -0.25) is 9.59 Å². The minimum absolute atomic E-state index is 0.0347. The van der Waals surface area contributed by atoms with E-state index in [-0.39, 0.29) is 29.8 Å². The summed E-state index contributed by atoms with van der Waals surface area (Å²) in [5.74, 6) is 0.383. The molecule has 58 valence electrons. The second-order valence-corrected chi connectivity index (χ2v) is 3.27. The number of allylic oxidation sites excluding steroid dienone is 2. The van der Waals surface area contributed by atoms with Crippen LogP contribution < -0.4 is 0 Å². The molecule has 2 nitrogen and oxygen atoms in total. The summed E-state index contributed by atoms with van der Waals surface area (Å²) in [6.07, 6.45) is 5.79. The number of fused-ring (bicyclic) bond motifs is 1. The Labute approximate surface area is 65.3 Å². The van der Waals surface area contributed by atoms with Gasteiger partial charge in [-0.25, -0.2) is 0 Å². The molecule has 1 saturated carbocycles. The van der Waals surface area contributed by atoms with Crippen LogP contribution in [0.1, 0.15) is 19.3 Å². The molecule has 0 aromatic carbocycles. The summed E-state index contributed by atoms with van der Waals surface area (Å²) in [6.45, 7) is 0. The summed E-state index contributed by atoms with van der Waals surface area (Å²) < 4.78 is 0. The maximum Gasteiger partial charge on any atom is 0.144 e. The largest absolute Gasteiger partial charge is 0.299 e. The minimum Gasteiger partial charge on any atom is -0.299 e. The van der Waals surface area contributed by atoms with Gasteiger partial charge in [0.15, 0.2) is 0 Å². The van der Waals surface area contributed by atoms with Crippen molar-refractivity contribution in [3.8, 4) is 0 Å². The summed E-state index contributed by atoms with van der Waals surface area (Å²) in [5, 5.41) is 0. The van der Waals surface area contributed by atoms with Crippen LogP contribution >= 0.6 is 0 Å². The summed E-state index contributed by atoms with van der Waals surface area (Å²) in [7, 11) is 0. The number of ketones is 2. The highest BCUT2D eigenvalue weighted by Gasteiger charge is 2.40. The minimum atomic E-state index is 0.0347. The number of hydrogen-bond donors (Lipinski definition) is 0. The molecule has 2 heteroatoms. The molecule has 11 heavy (non-hydrogen) atoms. The highest BCUT2D eigenvalue weighted by atomic mass is 16.2. The molecule has 0 amide bonds. The molecule has 0 aromatic heterocycles. The molecular formula is C9H10O2. The van der Waals surface area contributed by atoms with Crippen molar-refractivity contribution in [1.82, 2.24) is 0 Å². The van der Waals surface area contributed by atoms with Crippen LogP contribution in [0.25, 0.3) is 0 Å². The van der Waals surface area contributed by atoms with Gasteiger partial charge in [0.2, 0.25) is 0 Å². The zero-order valence-electron chi connectivity index (χ0n) is 6.25. The van der Waals surface area contributed by atoms with Crippen LogP contribution in [0.3, 0.4) is 0 Å². The molecule has 0 bridgehead atoms. The molecule has 0 spiro atoms. The van der Waals surface area contributed by atoms with Gasteiger partial charge in [-0.2, -0.15) is 0 Å². The van der Waals surface area contributed by atoms with Crippen molar-refractivity contribution in [2.24, 2.45) is 11.8 Å². The van der Waals surface area contributed by atoms with E-state index in [9.17, 15) is 9.59 Å². The van der Waals surface area contributed by atoms with E-state index < -0.39 is 0 Å². The molecule has 2 unspecified atom stereocenters. The first-order chi connectivity index (χ1) is 5.29. The van der Waals surface area contributed by atoms with E-state index in [1.54, 1.807) is 0 Å². The first kappa shape index (κ1) is 6.77. The summed E-state index contributed by atoms with van der Waals surface area (Å²) in [6, 6.07) is 0. The van der Waals surface area contributed by atoms with Crippen LogP contribution in [0, 0.1) is 11.8 Å². The van der Waals surface area contributed by atoms with Crippen molar-refractivity contribution in [2.75, 3.05) is 0 Å². The third-order valence-corrected chi connectivity index (χ3v) is 2.61. The molecule has 0 N–H and O–H groups in total. The molecule has 2 atom stereocenters. The third-order valence-electron chi connectivity index (χ3n) is 2.61. The van der Waals surface area contributed by atoms with Gasteiger partial charge in [-0.15, -0.1) is 0 Å². The fourth-order valence-corrected chi connectivity index (χ4v) is 1.96. The Kier molecular flexibility index (Phi) is 1.41. The van der Waals surface area contributed by atoms with Crippen LogP contribution in [0.5, 0.6) is 0 Å². The van der Waals surface area contributed by atoms with Gasteiger partial charge in [0.1, 0.15) is 11.6 Å². The summed E-state index contributed by atoms with van der Waals surface area (Å²) >= 11 is 0. The van der Waals surface area contributed by atoms with Gasteiger partial charge in [0.25, 0.3) is 0 Å². The first-order valence-corrected chi connectivity index (χ1v) is 3.99. The van der Waals surface area contributed by atoms with Crippen LogP contribution in [-0.2, 0) is 9.59 Å². The van der Waals surface area contributed by atoms with Gasteiger partial charge in [-0.1, -0.05) is 12.2 Å². The molecule has 0 aromatic rings. The molecule has 2 aliphatic carbocycles. The van der Waals surface area contributed by atoms with Crippen molar-refractivity contribution >= 4 is 11.6 Å². The average Bonchev–Trinajstić information content (AvgIpc) is 2.30. The van der Waals surface area contributed by atoms with Crippen molar-refractivity contribution < 1.29 is 9.59 Å². The standard InChI is InChI=1S/C9H10O2/c10-8-5-9(11)7-4-2-1-3-6(7)8/h1-2,6-7H,3-5H2. The van der Waals surface area contributed by atoms with Crippen molar-refractivity contribution in [1.29, 1.82) is 0 Å². The lowest BCUT2D eigenvalue weighted by molar-refractivity contribution is -0.122. The van der Waals surface area contributed by atoms with E-state index in [1.165, 1.54) is 0 Å². The monoisotopic (exact) mass is 150 g/mol. The summed E-state index contributed by atoms with van der Waals surface area (Å²) in [5.41, 5.74) is 0. The van der Waals surface area contributed by atoms with Crippen molar-refractivity contribution in [3.63, 3.8) is 0 Å². The Morgan fingerprint density at radius 1 is 1.00 bits per heavy atom. The number of rotatable bonds is 0. The molecule has 2 aliphatic rings. The van der Waals surface area contributed by atoms with Gasteiger partial charge in [0.05, 0.1) is 6.42 Å². The van der Waals surface area contributed by atoms with E-state index in [0.717, 1.165) is 12.8 Å². The van der Waals surface area contributed by atoms with E-state index in [4.69, 9.17) is 0 Å². The number of Topliss-reactive ketones (excluding diaryl/α,β-unsaturated/α-hetero) is 2. The number of carbonyl (C=O) groups excluding carboxylic acids is 2. The molecular weight excluding hydrogens is 140 g/mol. The Morgan fingerprint density at radius 2 is 1.45 bits per heavy atom. The van der Waals surface area contributed by atoms with Gasteiger partial charge in [0, 0.05) is 11.8 Å². The first-order valence-electron chi connectivity index (χ1n) is 3.99. The fraction of sp³-hybridized carbons (Fsp3) is 0.556. The van der Waals surface area contributed by atoms with E-state index >= 15 is 0 Å².